The van der Waals surface area contributed by atoms with E-state index in [2.05, 4.69) is 20.7 Å². The van der Waals surface area contributed by atoms with Crippen LogP contribution in [-0.4, -0.2) is 33.1 Å². The highest BCUT2D eigenvalue weighted by atomic mass is 79.9. The third-order valence-electron chi connectivity index (χ3n) is 2.06. The molecular weight excluding hydrogens is 321 g/mol. The van der Waals surface area contributed by atoms with Crippen molar-refractivity contribution >= 4 is 15.9 Å². The van der Waals surface area contributed by atoms with Crippen LogP contribution in [0.15, 0.2) is 18.2 Å². The number of aliphatic hydroxyl groups excluding tert-OH is 2. The normalized spacial score (nSPS) is 15.2. The smallest absolute Gasteiger partial charge is 0.508 e. The average Bonchev–Trinajstić information content (AvgIpc) is 2.27. The summed E-state index contributed by atoms with van der Waals surface area (Å²) in [5.41, 5.74) is -0.348. The third-order valence-corrected chi connectivity index (χ3v) is 2.72. The molecule has 0 amide bonds. The maximum atomic E-state index is 12.1. The van der Waals surface area contributed by atoms with Gasteiger partial charge in [0.05, 0.1) is 6.10 Å². The van der Waals surface area contributed by atoms with Gasteiger partial charge in [0, 0.05) is 10.9 Å². The first-order valence-electron chi connectivity index (χ1n) is 4.75. The Balaban J connectivity index is 3.11. The van der Waals surface area contributed by atoms with Gasteiger partial charge in [-0.25, -0.2) is 0 Å². The van der Waals surface area contributed by atoms with Gasteiger partial charge in [0.1, 0.15) is 17.6 Å². The van der Waals surface area contributed by atoms with E-state index in [1.165, 1.54) is 0 Å². The minimum atomic E-state index is -4.93. The SMILES string of the molecule is Oc1ccc(OC(F)(F)F)c(C(O)C(O)CBr)c1. The van der Waals surface area contributed by atoms with Gasteiger partial charge in [0.15, 0.2) is 0 Å². The number of phenolic OH excluding ortho intramolecular Hbond substituents is 1. The number of hydrogen-bond acceptors (Lipinski definition) is 4. The van der Waals surface area contributed by atoms with Crippen LogP contribution in [0.3, 0.4) is 0 Å². The van der Waals surface area contributed by atoms with Gasteiger partial charge in [0.2, 0.25) is 0 Å². The monoisotopic (exact) mass is 330 g/mol. The Morgan fingerprint density at radius 1 is 1.28 bits per heavy atom. The predicted molar refractivity (Wildman–Crippen MR) is 59.6 cm³/mol. The van der Waals surface area contributed by atoms with Crippen LogP contribution in [0.5, 0.6) is 11.5 Å². The molecule has 2 unspecified atom stereocenters. The molecule has 0 aromatic heterocycles. The largest absolute Gasteiger partial charge is 0.573 e. The summed E-state index contributed by atoms with van der Waals surface area (Å²) >= 11 is 2.88. The highest BCUT2D eigenvalue weighted by Gasteiger charge is 2.33. The molecule has 0 saturated carbocycles. The van der Waals surface area contributed by atoms with Crippen molar-refractivity contribution in [1.82, 2.24) is 0 Å². The molecule has 0 fully saturated rings. The van der Waals surface area contributed by atoms with Gasteiger partial charge in [-0.15, -0.1) is 13.2 Å². The quantitative estimate of drug-likeness (QED) is 0.739. The van der Waals surface area contributed by atoms with Crippen LogP contribution < -0.4 is 4.74 Å². The molecule has 0 heterocycles. The van der Waals surface area contributed by atoms with Crippen LogP contribution in [-0.2, 0) is 0 Å². The van der Waals surface area contributed by atoms with Crippen molar-refractivity contribution in [3.05, 3.63) is 23.8 Å². The van der Waals surface area contributed by atoms with Crippen molar-refractivity contribution < 1.29 is 33.2 Å². The summed E-state index contributed by atoms with van der Waals surface area (Å²) in [4.78, 5) is 0. The molecule has 1 aromatic carbocycles. The Hall–Kier alpha value is -0.990. The molecule has 0 spiro atoms. The summed E-state index contributed by atoms with van der Waals surface area (Å²) in [7, 11) is 0. The maximum absolute atomic E-state index is 12.1. The van der Waals surface area contributed by atoms with Crippen molar-refractivity contribution in [3.8, 4) is 11.5 Å². The van der Waals surface area contributed by atoms with E-state index >= 15 is 0 Å². The number of benzene rings is 1. The summed E-state index contributed by atoms with van der Waals surface area (Å²) < 4.78 is 40.1. The van der Waals surface area contributed by atoms with E-state index in [1.807, 2.05) is 0 Å². The Morgan fingerprint density at radius 2 is 1.89 bits per heavy atom. The van der Waals surface area contributed by atoms with Crippen LogP contribution in [0.25, 0.3) is 0 Å². The van der Waals surface area contributed by atoms with Crippen LogP contribution in [0, 0.1) is 0 Å². The molecule has 4 nitrogen and oxygen atoms in total. The molecule has 1 rings (SSSR count). The molecule has 0 aliphatic carbocycles. The van der Waals surface area contributed by atoms with E-state index in [-0.39, 0.29) is 16.6 Å². The third kappa shape index (κ3) is 4.04. The van der Waals surface area contributed by atoms with Crippen molar-refractivity contribution in [1.29, 1.82) is 0 Å². The number of aliphatic hydroxyl groups is 2. The molecule has 18 heavy (non-hydrogen) atoms. The Labute approximate surface area is 109 Å². The first kappa shape index (κ1) is 15.1. The highest BCUT2D eigenvalue weighted by Crippen LogP contribution is 2.34. The zero-order valence-corrected chi connectivity index (χ0v) is 10.4. The van der Waals surface area contributed by atoms with Gasteiger partial charge in [-0.05, 0) is 18.2 Å². The summed E-state index contributed by atoms with van der Waals surface area (Å²) in [6.45, 7) is 0. The molecule has 2 atom stereocenters. The van der Waals surface area contributed by atoms with Gasteiger partial charge in [-0.3, -0.25) is 0 Å². The zero-order valence-electron chi connectivity index (χ0n) is 8.86. The van der Waals surface area contributed by atoms with Crippen LogP contribution >= 0.6 is 15.9 Å². The molecule has 1 aromatic rings. The molecule has 0 aliphatic rings. The second-order valence-corrected chi connectivity index (χ2v) is 4.08. The maximum Gasteiger partial charge on any atom is 0.573 e. The molecule has 0 bridgehead atoms. The first-order valence-corrected chi connectivity index (χ1v) is 5.87. The van der Waals surface area contributed by atoms with Gasteiger partial charge in [0.25, 0.3) is 0 Å². The molecule has 0 aliphatic heterocycles. The van der Waals surface area contributed by atoms with Crippen molar-refractivity contribution in [2.24, 2.45) is 0 Å². The van der Waals surface area contributed by atoms with Crippen molar-refractivity contribution in [2.45, 2.75) is 18.6 Å². The standard InChI is InChI=1S/C10H10BrF3O4/c11-4-7(16)9(17)6-3-5(15)1-2-8(6)18-10(12,13)14/h1-3,7,9,15-17H,4H2. The number of phenols is 1. The second-order valence-electron chi connectivity index (χ2n) is 3.44. The topological polar surface area (TPSA) is 69.9 Å². The molecule has 0 radical (unpaired) electrons. The first-order chi connectivity index (χ1) is 8.24. The lowest BCUT2D eigenvalue weighted by Gasteiger charge is -2.20. The fourth-order valence-electron chi connectivity index (χ4n) is 1.28. The van der Waals surface area contributed by atoms with Crippen molar-refractivity contribution in [2.75, 3.05) is 5.33 Å². The van der Waals surface area contributed by atoms with E-state index in [0.29, 0.717) is 0 Å². The summed E-state index contributed by atoms with van der Waals surface area (Å²) in [6, 6.07) is 2.75. The number of ether oxygens (including phenoxy) is 1. The lowest BCUT2D eigenvalue weighted by Crippen LogP contribution is -2.23. The number of aromatic hydroxyl groups is 1. The van der Waals surface area contributed by atoms with E-state index in [1.54, 1.807) is 0 Å². The number of hydrogen-bond donors (Lipinski definition) is 3. The minimum absolute atomic E-state index is 0.0463. The lowest BCUT2D eigenvalue weighted by atomic mass is 10.0. The van der Waals surface area contributed by atoms with Crippen LogP contribution in [0.2, 0.25) is 0 Å². The van der Waals surface area contributed by atoms with Gasteiger partial charge in [-0.1, -0.05) is 15.9 Å². The predicted octanol–water partition coefficient (Wildman–Crippen LogP) is 2.08. The summed E-state index contributed by atoms with van der Waals surface area (Å²) in [5.74, 6) is -1.02. The molecule has 0 saturated heterocycles. The van der Waals surface area contributed by atoms with Crippen LogP contribution in [0.4, 0.5) is 13.2 Å². The summed E-state index contributed by atoms with van der Waals surface area (Å²) in [6.07, 6.45) is -7.87. The average molecular weight is 331 g/mol. The molecule has 8 heteroatoms. The Morgan fingerprint density at radius 3 is 2.39 bits per heavy atom. The fraction of sp³-hybridized carbons (Fsp3) is 0.400. The molecule has 3 N–H and O–H groups in total. The van der Waals surface area contributed by atoms with Gasteiger partial charge < -0.3 is 20.1 Å². The van der Waals surface area contributed by atoms with E-state index in [9.17, 15) is 28.5 Å². The molecule has 102 valence electrons. The number of rotatable bonds is 4. The second kappa shape index (κ2) is 5.77. The number of alkyl halides is 4. The Kier molecular flexibility index (Phi) is 4.83. The summed E-state index contributed by atoms with van der Waals surface area (Å²) in [5, 5.41) is 28.2. The van der Waals surface area contributed by atoms with E-state index in [0.717, 1.165) is 18.2 Å². The highest BCUT2D eigenvalue weighted by molar-refractivity contribution is 9.09. The lowest BCUT2D eigenvalue weighted by molar-refractivity contribution is -0.275. The van der Waals surface area contributed by atoms with Crippen LogP contribution in [0.1, 0.15) is 11.7 Å². The number of halogens is 4. The van der Waals surface area contributed by atoms with Gasteiger partial charge >= 0.3 is 6.36 Å². The van der Waals surface area contributed by atoms with Crippen molar-refractivity contribution in [3.63, 3.8) is 0 Å². The minimum Gasteiger partial charge on any atom is -0.508 e. The zero-order chi connectivity index (χ0) is 13.9. The van der Waals surface area contributed by atoms with Gasteiger partial charge in [-0.2, -0.15) is 0 Å². The van der Waals surface area contributed by atoms with E-state index < -0.39 is 24.3 Å². The Bertz CT molecular complexity index is 411. The fourth-order valence-corrected chi connectivity index (χ4v) is 1.63. The van der Waals surface area contributed by atoms with E-state index in [4.69, 9.17) is 0 Å². The molecular formula is C10H10BrF3O4.